The predicted molar refractivity (Wildman–Crippen MR) is 214 cm³/mol. The number of hydrogen-bond donors (Lipinski definition) is 0. The fraction of sp³-hybridized carbons (Fsp3) is 0.289. The molecule has 3 nitrogen and oxygen atoms in total. The van der Waals surface area contributed by atoms with Gasteiger partial charge in [0.05, 0.1) is 5.41 Å². The molecule has 0 amide bonds. The molecule has 254 valence electrons. The van der Waals surface area contributed by atoms with E-state index in [9.17, 15) is 0 Å². The molecule has 1 aliphatic carbocycles. The lowest BCUT2D eigenvalue weighted by molar-refractivity contribution is 0.446. The average molecular weight is 693 g/mol. The minimum Gasteiger partial charge on any atom is -0.543 e. The fourth-order valence-corrected chi connectivity index (χ4v) is 9.58. The molecule has 0 saturated heterocycles. The van der Waals surface area contributed by atoms with Crippen molar-refractivity contribution < 1.29 is 13.6 Å². The van der Waals surface area contributed by atoms with Crippen molar-refractivity contribution in [3.05, 3.63) is 131 Å². The quantitative estimate of drug-likeness (QED) is 0.172. The van der Waals surface area contributed by atoms with Crippen LogP contribution in [0.1, 0.15) is 63.8 Å². The highest BCUT2D eigenvalue weighted by Crippen LogP contribution is 2.64. The number of benzene rings is 6. The Balaban J connectivity index is 1.45. The van der Waals surface area contributed by atoms with Crippen LogP contribution in [0, 0.1) is 0 Å². The zero-order valence-electron chi connectivity index (χ0n) is 31.1. The zero-order valence-corrected chi connectivity index (χ0v) is 33.1. The summed E-state index contributed by atoms with van der Waals surface area (Å²) < 4.78 is 21.3. The highest BCUT2D eigenvalue weighted by Gasteiger charge is 2.52. The summed E-state index contributed by atoms with van der Waals surface area (Å²) in [6.45, 7) is 23.0. The van der Waals surface area contributed by atoms with Crippen LogP contribution >= 0.6 is 0 Å². The van der Waals surface area contributed by atoms with Crippen LogP contribution in [0.2, 0.25) is 36.3 Å². The normalized spacial score (nSPS) is 14.9. The van der Waals surface area contributed by atoms with Crippen LogP contribution < -0.4 is 13.6 Å². The van der Waals surface area contributed by atoms with Crippen molar-refractivity contribution in [2.75, 3.05) is 0 Å². The second-order valence-electron chi connectivity index (χ2n) is 17.3. The van der Waals surface area contributed by atoms with E-state index in [2.05, 4.69) is 177 Å². The maximum Gasteiger partial charge on any atom is 0.250 e. The molecule has 8 rings (SSSR count). The molecule has 6 aromatic carbocycles. The van der Waals surface area contributed by atoms with Crippen LogP contribution in [0.25, 0.3) is 32.7 Å². The van der Waals surface area contributed by atoms with E-state index in [1.54, 1.807) is 0 Å². The van der Waals surface area contributed by atoms with Gasteiger partial charge in [0.1, 0.15) is 23.0 Å². The van der Waals surface area contributed by atoms with Crippen LogP contribution in [0.4, 0.5) is 0 Å². The van der Waals surface area contributed by atoms with Gasteiger partial charge in [-0.05, 0) is 70.7 Å². The molecule has 0 radical (unpaired) electrons. The van der Waals surface area contributed by atoms with Crippen LogP contribution in [-0.2, 0) is 5.41 Å². The molecule has 1 heterocycles. The minimum atomic E-state index is -2.11. The third kappa shape index (κ3) is 4.59. The molecular formula is C45H48O3Si2. The van der Waals surface area contributed by atoms with Crippen molar-refractivity contribution >= 4 is 38.2 Å². The van der Waals surface area contributed by atoms with Gasteiger partial charge in [-0.25, -0.2) is 0 Å². The summed E-state index contributed by atoms with van der Waals surface area (Å²) in [5.41, 5.74) is 6.87. The van der Waals surface area contributed by atoms with E-state index < -0.39 is 22.0 Å². The Bertz CT molecular complexity index is 2170. The standard InChI is InChI=1S/C45H48O3Si2/c1-43(2,3)49(7,8)47-39-23-15-19-33-31(39)25-27-37-41(33)46-42-34-20-16-24-40(48-50(9,10)44(4,5)6)32(34)26-28-38(42)45(37)35-21-13-11-17-29(35)30-18-12-14-22-36(30)45/h11-28H,1-10H3. The molecule has 6 aromatic rings. The van der Waals surface area contributed by atoms with Crippen molar-refractivity contribution in [3.8, 4) is 34.1 Å². The van der Waals surface area contributed by atoms with E-state index in [-0.39, 0.29) is 10.1 Å². The Morgan fingerprint density at radius 1 is 0.440 bits per heavy atom. The fourth-order valence-electron chi connectivity index (χ4n) is 7.51. The number of hydrogen-bond acceptors (Lipinski definition) is 3. The Hall–Kier alpha value is -4.33. The molecule has 50 heavy (non-hydrogen) atoms. The summed E-state index contributed by atoms with van der Waals surface area (Å²) in [6, 6.07) is 39.9. The first-order valence-electron chi connectivity index (χ1n) is 17.9. The minimum absolute atomic E-state index is 0.0727. The molecule has 0 bridgehead atoms. The monoisotopic (exact) mass is 692 g/mol. The van der Waals surface area contributed by atoms with Crippen LogP contribution in [-0.4, -0.2) is 16.6 Å². The van der Waals surface area contributed by atoms with Gasteiger partial charge < -0.3 is 13.6 Å². The van der Waals surface area contributed by atoms with Gasteiger partial charge >= 0.3 is 0 Å². The van der Waals surface area contributed by atoms with Gasteiger partial charge in [0.2, 0.25) is 0 Å². The van der Waals surface area contributed by atoms with Gasteiger partial charge in [0.25, 0.3) is 16.6 Å². The van der Waals surface area contributed by atoms with Gasteiger partial charge in [0.15, 0.2) is 0 Å². The van der Waals surface area contributed by atoms with Gasteiger partial charge in [-0.2, -0.15) is 0 Å². The maximum absolute atomic E-state index is 7.34. The lowest BCUT2D eigenvalue weighted by Crippen LogP contribution is -2.43. The van der Waals surface area contributed by atoms with Crippen molar-refractivity contribution in [1.82, 2.24) is 0 Å². The first kappa shape index (κ1) is 32.9. The molecule has 1 spiro atoms. The van der Waals surface area contributed by atoms with Crippen molar-refractivity contribution in [3.63, 3.8) is 0 Å². The molecule has 0 aromatic heterocycles. The van der Waals surface area contributed by atoms with Gasteiger partial charge in [-0.3, -0.25) is 0 Å². The summed E-state index contributed by atoms with van der Waals surface area (Å²) in [6.07, 6.45) is 0. The molecule has 5 heteroatoms. The van der Waals surface area contributed by atoms with E-state index in [4.69, 9.17) is 13.6 Å². The summed E-state index contributed by atoms with van der Waals surface area (Å²) in [4.78, 5) is 0. The highest BCUT2D eigenvalue weighted by molar-refractivity contribution is 6.75. The first-order valence-corrected chi connectivity index (χ1v) is 23.8. The van der Waals surface area contributed by atoms with E-state index in [0.29, 0.717) is 0 Å². The molecule has 0 saturated carbocycles. The number of ether oxygens (including phenoxy) is 1. The largest absolute Gasteiger partial charge is 0.543 e. The van der Waals surface area contributed by atoms with Crippen LogP contribution in [0.5, 0.6) is 23.0 Å². The van der Waals surface area contributed by atoms with E-state index >= 15 is 0 Å². The number of rotatable bonds is 4. The lowest BCUT2D eigenvalue weighted by atomic mass is 9.65. The molecule has 1 aliphatic heterocycles. The number of fused-ring (bicyclic) bond motifs is 13. The van der Waals surface area contributed by atoms with Crippen molar-refractivity contribution in [2.45, 2.75) is 83.2 Å². The van der Waals surface area contributed by atoms with Crippen LogP contribution in [0.3, 0.4) is 0 Å². The predicted octanol–water partition coefficient (Wildman–Crippen LogP) is 13.2. The molecule has 0 fully saturated rings. The van der Waals surface area contributed by atoms with Gasteiger partial charge in [0, 0.05) is 32.7 Å². The first-order chi connectivity index (χ1) is 23.6. The zero-order chi connectivity index (χ0) is 35.4. The molecule has 0 atom stereocenters. The van der Waals surface area contributed by atoms with Crippen molar-refractivity contribution in [1.29, 1.82) is 0 Å². The summed E-state index contributed by atoms with van der Waals surface area (Å²) in [5, 5.41) is 4.44. The Morgan fingerprint density at radius 2 is 0.840 bits per heavy atom. The molecular weight excluding hydrogens is 645 g/mol. The Kier molecular flexibility index (Phi) is 7.12. The third-order valence-corrected chi connectivity index (χ3v) is 20.9. The van der Waals surface area contributed by atoms with E-state index in [1.165, 1.54) is 22.3 Å². The highest BCUT2D eigenvalue weighted by atomic mass is 28.4. The van der Waals surface area contributed by atoms with Gasteiger partial charge in [-0.1, -0.05) is 139 Å². The third-order valence-electron chi connectivity index (χ3n) is 12.3. The Morgan fingerprint density at radius 3 is 1.24 bits per heavy atom. The maximum atomic E-state index is 7.34. The summed E-state index contributed by atoms with van der Waals surface area (Å²) >= 11 is 0. The average Bonchev–Trinajstić information content (AvgIpc) is 3.34. The SMILES string of the molecule is CC(C)(C)[Si](C)(C)Oc1cccc2c3c(ccc12)C1(c2ccccc2-c2ccccc21)c1ccc2c(O[Si](C)(C)C(C)(C)C)cccc2c1O3. The molecule has 0 unspecified atom stereocenters. The van der Waals surface area contributed by atoms with E-state index in [0.717, 1.165) is 55.7 Å². The lowest BCUT2D eigenvalue weighted by Gasteiger charge is -2.41. The van der Waals surface area contributed by atoms with E-state index in [1.807, 2.05) is 0 Å². The summed E-state index contributed by atoms with van der Waals surface area (Å²) in [7, 11) is -4.22. The Labute approximate surface area is 299 Å². The second kappa shape index (κ2) is 10.8. The van der Waals surface area contributed by atoms with Crippen molar-refractivity contribution in [2.24, 2.45) is 0 Å². The van der Waals surface area contributed by atoms with Gasteiger partial charge in [-0.15, -0.1) is 0 Å². The molecule has 0 N–H and O–H groups in total. The summed E-state index contributed by atoms with van der Waals surface area (Å²) in [5.74, 6) is 3.64. The smallest absolute Gasteiger partial charge is 0.250 e. The second-order valence-corrected chi connectivity index (χ2v) is 26.7. The van der Waals surface area contributed by atoms with Crippen LogP contribution in [0.15, 0.2) is 109 Å². The molecule has 2 aliphatic rings. The topological polar surface area (TPSA) is 27.7 Å².